The quantitative estimate of drug-likeness (QED) is 0.310. The zero-order valence-corrected chi connectivity index (χ0v) is 21.9. The van der Waals surface area contributed by atoms with Crippen LogP contribution in [0.3, 0.4) is 0 Å². The first-order chi connectivity index (χ1) is 18.0. The van der Waals surface area contributed by atoms with Gasteiger partial charge in [0.2, 0.25) is 0 Å². The van der Waals surface area contributed by atoms with Crippen LogP contribution in [0.15, 0.2) is 71.4 Å². The highest BCUT2D eigenvalue weighted by atomic mass is 35.5. The summed E-state index contributed by atoms with van der Waals surface area (Å²) in [4.78, 5) is 26.3. The standard InChI is InChI=1S/C30H28Cl2N2O3/c31-23-10-5-18(6-11-23)14-22-2-1-3-25-28(22)33-34(29(25)20-8-12-24(32)13-9-20)27(35)17-37-30(36)26-16-19-4-7-21(26)15-19/h4-14,19,21,25-26,29H,1-3,15-17H2/b22-14-/t19-,21-,25-,26-,29-/m0/s1. The first-order valence-electron chi connectivity index (χ1n) is 12.9. The number of hydrogen-bond donors (Lipinski definition) is 0. The molecule has 5 atom stereocenters. The highest BCUT2D eigenvalue weighted by Crippen LogP contribution is 2.45. The maximum atomic E-state index is 13.5. The molecule has 2 saturated carbocycles. The Hall–Kier alpha value is -2.89. The summed E-state index contributed by atoms with van der Waals surface area (Å²) in [6.07, 6.45) is 11.1. The molecule has 37 heavy (non-hydrogen) atoms. The van der Waals surface area contributed by atoms with Gasteiger partial charge in [-0.15, -0.1) is 0 Å². The molecule has 0 aromatic heterocycles. The number of halogens is 2. The molecule has 6 rings (SSSR count). The van der Waals surface area contributed by atoms with E-state index in [1.54, 1.807) is 0 Å². The average molecular weight is 535 g/mol. The summed E-state index contributed by atoms with van der Waals surface area (Å²) in [6.45, 7) is -0.305. The fraction of sp³-hybridized carbons (Fsp3) is 0.367. The van der Waals surface area contributed by atoms with Gasteiger partial charge in [-0.05, 0) is 91.0 Å². The molecule has 5 nitrogen and oxygen atoms in total. The van der Waals surface area contributed by atoms with Crippen LogP contribution < -0.4 is 0 Å². The number of benzene rings is 2. The van der Waals surface area contributed by atoms with Crippen molar-refractivity contribution < 1.29 is 14.3 Å². The van der Waals surface area contributed by atoms with Crippen LogP contribution in [-0.4, -0.2) is 29.2 Å². The Morgan fingerprint density at radius 1 is 1.00 bits per heavy atom. The first kappa shape index (κ1) is 24.4. The summed E-state index contributed by atoms with van der Waals surface area (Å²) >= 11 is 12.2. The molecular formula is C30H28Cl2N2O3. The largest absolute Gasteiger partial charge is 0.455 e. The molecule has 190 valence electrons. The maximum Gasteiger partial charge on any atom is 0.310 e. The van der Waals surface area contributed by atoms with Gasteiger partial charge in [-0.1, -0.05) is 59.6 Å². The van der Waals surface area contributed by atoms with Gasteiger partial charge in [0.1, 0.15) is 0 Å². The number of hydrogen-bond acceptors (Lipinski definition) is 4. The Bertz CT molecular complexity index is 1300. The smallest absolute Gasteiger partial charge is 0.310 e. The number of carbonyl (C=O) groups excluding carboxylic acids is 2. The molecule has 1 amide bonds. The molecule has 1 heterocycles. The Morgan fingerprint density at radius 2 is 1.73 bits per heavy atom. The fourth-order valence-electron chi connectivity index (χ4n) is 6.32. The number of esters is 1. The van der Waals surface area contributed by atoms with Crippen molar-refractivity contribution in [3.63, 3.8) is 0 Å². The second-order valence-corrected chi connectivity index (χ2v) is 11.3. The van der Waals surface area contributed by atoms with E-state index in [-0.39, 0.29) is 42.3 Å². The summed E-state index contributed by atoms with van der Waals surface area (Å²) in [5, 5.41) is 7.74. The van der Waals surface area contributed by atoms with Crippen LogP contribution in [0.25, 0.3) is 6.08 Å². The SMILES string of the molecule is O=C(OCC(=O)N1N=C2/C(=C\c3ccc(Cl)cc3)CCC[C@@H]2[C@@H]1c1ccc(Cl)cc1)[C@H]1C[C@H]2C=C[C@H]1C2. The van der Waals surface area contributed by atoms with Gasteiger partial charge in [0.15, 0.2) is 6.61 Å². The van der Waals surface area contributed by atoms with Gasteiger partial charge in [0.25, 0.3) is 5.91 Å². The number of nitrogens with zero attached hydrogens (tertiary/aromatic N) is 2. The lowest BCUT2D eigenvalue weighted by atomic mass is 9.77. The number of allylic oxidation sites excluding steroid dienone is 3. The molecule has 3 aliphatic carbocycles. The highest BCUT2D eigenvalue weighted by molar-refractivity contribution is 6.30. The molecule has 0 spiro atoms. The van der Waals surface area contributed by atoms with Gasteiger partial charge >= 0.3 is 5.97 Å². The minimum Gasteiger partial charge on any atom is -0.455 e. The van der Waals surface area contributed by atoms with E-state index in [0.717, 1.165) is 54.5 Å². The van der Waals surface area contributed by atoms with Crippen molar-refractivity contribution in [3.05, 3.63) is 87.4 Å². The van der Waals surface area contributed by atoms with E-state index < -0.39 is 0 Å². The zero-order chi connectivity index (χ0) is 25.5. The molecule has 0 saturated heterocycles. The van der Waals surface area contributed by atoms with Crippen molar-refractivity contribution in [1.29, 1.82) is 0 Å². The van der Waals surface area contributed by atoms with Crippen molar-refractivity contribution in [1.82, 2.24) is 5.01 Å². The average Bonchev–Trinajstić information content (AvgIpc) is 3.64. The van der Waals surface area contributed by atoms with Crippen molar-refractivity contribution in [3.8, 4) is 0 Å². The molecule has 2 bridgehead atoms. The predicted molar refractivity (Wildman–Crippen MR) is 145 cm³/mol. The third-order valence-corrected chi connectivity index (χ3v) is 8.60. The fourth-order valence-corrected chi connectivity index (χ4v) is 6.57. The van der Waals surface area contributed by atoms with Crippen LogP contribution >= 0.6 is 23.2 Å². The Labute approximate surface area is 226 Å². The van der Waals surface area contributed by atoms with E-state index in [1.165, 1.54) is 5.01 Å². The molecule has 1 aliphatic heterocycles. The summed E-state index contributed by atoms with van der Waals surface area (Å²) in [6, 6.07) is 15.0. The monoisotopic (exact) mass is 534 g/mol. The number of fused-ring (bicyclic) bond motifs is 3. The van der Waals surface area contributed by atoms with E-state index in [2.05, 4.69) is 18.2 Å². The third-order valence-electron chi connectivity index (χ3n) is 8.10. The van der Waals surface area contributed by atoms with Crippen LogP contribution in [0.1, 0.15) is 49.3 Å². The van der Waals surface area contributed by atoms with Gasteiger partial charge in [-0.25, -0.2) is 5.01 Å². The first-order valence-corrected chi connectivity index (χ1v) is 13.7. The number of amides is 1. The number of ether oxygens (including phenoxy) is 1. The summed E-state index contributed by atoms with van der Waals surface area (Å²) in [5.74, 6) is 0.0389. The summed E-state index contributed by atoms with van der Waals surface area (Å²) in [5.41, 5.74) is 4.07. The van der Waals surface area contributed by atoms with E-state index in [1.807, 2.05) is 48.5 Å². The molecule has 0 N–H and O–H groups in total. The van der Waals surface area contributed by atoms with Crippen molar-refractivity contribution in [2.24, 2.45) is 28.8 Å². The zero-order valence-electron chi connectivity index (χ0n) is 20.4. The predicted octanol–water partition coefficient (Wildman–Crippen LogP) is 6.87. The molecule has 2 fully saturated rings. The molecule has 7 heteroatoms. The Morgan fingerprint density at radius 3 is 2.41 bits per heavy atom. The molecule has 2 aromatic rings. The number of hydrazone groups is 1. The van der Waals surface area contributed by atoms with E-state index in [4.69, 9.17) is 33.0 Å². The molecular weight excluding hydrogens is 507 g/mol. The minimum atomic E-state index is -0.306. The molecule has 2 aromatic carbocycles. The summed E-state index contributed by atoms with van der Waals surface area (Å²) < 4.78 is 5.56. The van der Waals surface area contributed by atoms with Crippen molar-refractivity contribution in [2.75, 3.05) is 6.61 Å². The lowest BCUT2D eigenvalue weighted by Crippen LogP contribution is -2.35. The number of rotatable bonds is 5. The molecule has 0 unspecified atom stereocenters. The number of carbonyl (C=O) groups is 2. The van der Waals surface area contributed by atoms with Crippen molar-refractivity contribution >= 4 is 46.9 Å². The Balaban J connectivity index is 1.26. The van der Waals surface area contributed by atoms with E-state index in [0.29, 0.717) is 16.0 Å². The minimum absolute atomic E-state index is 0.0591. The second kappa shape index (κ2) is 10.1. The van der Waals surface area contributed by atoms with Crippen LogP contribution in [0.4, 0.5) is 0 Å². The van der Waals surface area contributed by atoms with Gasteiger partial charge in [-0.2, -0.15) is 5.10 Å². The van der Waals surface area contributed by atoms with Gasteiger partial charge in [-0.3, -0.25) is 9.59 Å². The van der Waals surface area contributed by atoms with Crippen LogP contribution in [-0.2, 0) is 14.3 Å². The van der Waals surface area contributed by atoms with E-state index in [9.17, 15) is 9.59 Å². The lowest BCUT2D eigenvalue weighted by Gasteiger charge is -2.29. The van der Waals surface area contributed by atoms with E-state index >= 15 is 0 Å². The van der Waals surface area contributed by atoms with Crippen LogP contribution in [0.2, 0.25) is 10.0 Å². The third kappa shape index (κ3) is 4.87. The van der Waals surface area contributed by atoms with Crippen LogP contribution in [0.5, 0.6) is 0 Å². The topological polar surface area (TPSA) is 59.0 Å². The maximum absolute atomic E-state index is 13.5. The van der Waals surface area contributed by atoms with Gasteiger partial charge in [0.05, 0.1) is 17.7 Å². The van der Waals surface area contributed by atoms with Crippen molar-refractivity contribution in [2.45, 2.75) is 38.1 Å². The lowest BCUT2D eigenvalue weighted by molar-refractivity contribution is -0.157. The van der Waals surface area contributed by atoms with Gasteiger partial charge < -0.3 is 4.74 Å². The molecule has 4 aliphatic rings. The highest BCUT2D eigenvalue weighted by Gasteiger charge is 2.45. The molecule has 0 radical (unpaired) electrons. The van der Waals surface area contributed by atoms with Crippen LogP contribution in [0, 0.1) is 23.7 Å². The summed E-state index contributed by atoms with van der Waals surface area (Å²) in [7, 11) is 0. The van der Waals surface area contributed by atoms with Gasteiger partial charge in [0, 0.05) is 16.0 Å². The normalized spacial score (nSPS) is 28.9. The Kier molecular flexibility index (Phi) is 6.68. The second-order valence-electron chi connectivity index (χ2n) is 10.4.